The fourth-order valence-corrected chi connectivity index (χ4v) is 3.56. The van der Waals surface area contributed by atoms with Crippen molar-refractivity contribution in [3.63, 3.8) is 0 Å². The molecule has 0 saturated carbocycles. The Labute approximate surface area is 114 Å². The fourth-order valence-electron chi connectivity index (χ4n) is 1.68. The highest BCUT2D eigenvalue weighted by atomic mass is 35.5. The maximum absolute atomic E-state index is 12.2. The smallest absolute Gasteiger partial charge is 0.242 e. The van der Waals surface area contributed by atoms with Gasteiger partial charge >= 0.3 is 0 Å². The van der Waals surface area contributed by atoms with Crippen molar-refractivity contribution in [2.45, 2.75) is 37.6 Å². The van der Waals surface area contributed by atoms with E-state index in [1.165, 1.54) is 6.07 Å². The van der Waals surface area contributed by atoms with Gasteiger partial charge in [0.1, 0.15) is 4.90 Å². The second-order valence-electron chi connectivity index (χ2n) is 4.28. The average Bonchev–Trinajstić information content (AvgIpc) is 2.27. The molecule has 0 bridgehead atoms. The molecule has 1 atom stereocenters. The highest BCUT2D eigenvalue weighted by Crippen LogP contribution is 2.22. The Bertz CT molecular complexity index is 503. The molecule has 0 saturated heterocycles. The number of halogens is 1. The van der Waals surface area contributed by atoms with E-state index in [2.05, 4.69) is 4.72 Å². The first-order valence-electron chi connectivity index (χ1n) is 5.89. The zero-order valence-electron chi connectivity index (χ0n) is 10.6. The highest BCUT2D eigenvalue weighted by Gasteiger charge is 2.21. The summed E-state index contributed by atoms with van der Waals surface area (Å²) < 4.78 is 26.9. The van der Waals surface area contributed by atoms with Gasteiger partial charge in [-0.25, -0.2) is 13.1 Å². The normalized spacial score (nSPS) is 13.6. The molecule has 0 fully saturated rings. The molecule has 0 radical (unpaired) electrons. The number of benzene rings is 1. The van der Waals surface area contributed by atoms with Crippen molar-refractivity contribution >= 4 is 21.6 Å². The zero-order valence-corrected chi connectivity index (χ0v) is 12.2. The van der Waals surface area contributed by atoms with Gasteiger partial charge in [0.2, 0.25) is 10.0 Å². The van der Waals surface area contributed by atoms with Crippen LogP contribution in [-0.2, 0) is 10.0 Å². The Morgan fingerprint density at radius 2 is 2.11 bits per heavy atom. The topological polar surface area (TPSA) is 72.2 Å². The molecule has 1 aromatic rings. The van der Waals surface area contributed by atoms with Crippen molar-refractivity contribution in [3.8, 4) is 0 Å². The van der Waals surface area contributed by atoms with Crippen molar-refractivity contribution in [1.82, 2.24) is 4.72 Å². The molecule has 1 rings (SSSR count). The predicted octanol–water partition coefficient (Wildman–Crippen LogP) is 2.05. The summed E-state index contributed by atoms with van der Waals surface area (Å²) in [6, 6.07) is 4.61. The number of aryl methyl sites for hydroxylation is 1. The molecular formula is C12H19ClN2O2S. The van der Waals surface area contributed by atoms with E-state index in [1.54, 1.807) is 12.1 Å². The standard InChI is InChI=1S/C12H19ClN2O2S/c1-3-4-10(8-14)15-18(16,17)12-6-5-9(2)7-11(12)13/h5-7,10,15H,3-4,8,14H2,1-2H3. The van der Waals surface area contributed by atoms with Gasteiger partial charge in [0, 0.05) is 12.6 Å². The van der Waals surface area contributed by atoms with Gasteiger partial charge in [0.05, 0.1) is 5.02 Å². The summed E-state index contributed by atoms with van der Waals surface area (Å²) in [7, 11) is -3.60. The molecular weight excluding hydrogens is 272 g/mol. The Morgan fingerprint density at radius 3 is 2.61 bits per heavy atom. The molecule has 1 unspecified atom stereocenters. The van der Waals surface area contributed by atoms with Crippen LogP contribution in [0.4, 0.5) is 0 Å². The van der Waals surface area contributed by atoms with E-state index in [4.69, 9.17) is 17.3 Å². The van der Waals surface area contributed by atoms with E-state index < -0.39 is 10.0 Å². The predicted molar refractivity (Wildman–Crippen MR) is 74.3 cm³/mol. The summed E-state index contributed by atoms with van der Waals surface area (Å²) in [5, 5.41) is 0.231. The van der Waals surface area contributed by atoms with Gasteiger partial charge in [-0.2, -0.15) is 0 Å². The third-order valence-corrected chi connectivity index (χ3v) is 4.62. The number of nitrogens with two attached hydrogens (primary N) is 1. The Kier molecular flexibility index (Phi) is 5.59. The third kappa shape index (κ3) is 3.95. The Morgan fingerprint density at radius 1 is 1.44 bits per heavy atom. The summed E-state index contributed by atoms with van der Waals surface area (Å²) in [6.07, 6.45) is 1.57. The van der Waals surface area contributed by atoms with E-state index in [0.717, 1.165) is 12.0 Å². The van der Waals surface area contributed by atoms with Gasteiger partial charge in [-0.1, -0.05) is 31.0 Å². The lowest BCUT2D eigenvalue weighted by atomic mass is 10.2. The van der Waals surface area contributed by atoms with Crippen molar-refractivity contribution < 1.29 is 8.42 Å². The van der Waals surface area contributed by atoms with Crippen LogP contribution in [0.25, 0.3) is 0 Å². The van der Waals surface area contributed by atoms with Crippen LogP contribution in [-0.4, -0.2) is 21.0 Å². The van der Waals surface area contributed by atoms with Gasteiger partial charge in [-0.15, -0.1) is 0 Å². The van der Waals surface area contributed by atoms with Crippen molar-refractivity contribution in [2.75, 3.05) is 6.54 Å². The summed E-state index contributed by atoms with van der Waals surface area (Å²) in [6.45, 7) is 4.11. The lowest BCUT2D eigenvalue weighted by Crippen LogP contribution is -2.40. The molecule has 6 heteroatoms. The molecule has 0 amide bonds. The van der Waals surface area contributed by atoms with Crippen LogP contribution in [0, 0.1) is 6.92 Å². The van der Waals surface area contributed by atoms with Crippen molar-refractivity contribution in [1.29, 1.82) is 0 Å². The van der Waals surface area contributed by atoms with Crippen molar-refractivity contribution in [2.24, 2.45) is 5.73 Å². The maximum atomic E-state index is 12.2. The van der Waals surface area contributed by atoms with Crippen LogP contribution in [0.3, 0.4) is 0 Å². The van der Waals surface area contributed by atoms with Crippen molar-refractivity contribution in [3.05, 3.63) is 28.8 Å². The first kappa shape index (κ1) is 15.4. The number of hydrogen-bond donors (Lipinski definition) is 2. The van der Waals surface area contributed by atoms with E-state index >= 15 is 0 Å². The number of rotatable bonds is 6. The largest absolute Gasteiger partial charge is 0.329 e. The number of sulfonamides is 1. The molecule has 0 aliphatic carbocycles. The van der Waals surface area contributed by atoms with Crippen LogP contribution in [0.5, 0.6) is 0 Å². The summed E-state index contributed by atoms with van der Waals surface area (Å²) in [5.74, 6) is 0. The van der Waals surface area contributed by atoms with Gasteiger partial charge in [0.15, 0.2) is 0 Å². The van der Waals surface area contributed by atoms with Gasteiger partial charge in [-0.3, -0.25) is 0 Å². The SMILES string of the molecule is CCCC(CN)NS(=O)(=O)c1ccc(C)cc1Cl. The molecule has 0 aromatic heterocycles. The first-order chi connectivity index (χ1) is 8.40. The van der Waals surface area contributed by atoms with Crippen LogP contribution < -0.4 is 10.5 Å². The Hall–Kier alpha value is -0.620. The third-order valence-electron chi connectivity index (χ3n) is 2.62. The summed E-state index contributed by atoms with van der Waals surface area (Å²) >= 11 is 5.97. The number of nitrogens with one attached hydrogen (secondary N) is 1. The molecule has 18 heavy (non-hydrogen) atoms. The van der Waals surface area contributed by atoms with Gasteiger partial charge < -0.3 is 5.73 Å². The van der Waals surface area contributed by atoms with Crippen LogP contribution >= 0.6 is 11.6 Å². The monoisotopic (exact) mass is 290 g/mol. The molecule has 0 aliphatic rings. The molecule has 3 N–H and O–H groups in total. The highest BCUT2D eigenvalue weighted by molar-refractivity contribution is 7.89. The minimum atomic E-state index is -3.60. The van der Waals surface area contributed by atoms with Crippen LogP contribution in [0.15, 0.2) is 23.1 Å². The molecule has 1 aromatic carbocycles. The Balaban J connectivity index is 2.99. The molecule has 102 valence electrons. The zero-order chi connectivity index (χ0) is 13.8. The second kappa shape index (κ2) is 6.52. The quantitative estimate of drug-likeness (QED) is 0.842. The van der Waals surface area contributed by atoms with E-state index in [9.17, 15) is 8.42 Å². The van der Waals surface area contributed by atoms with Crippen LogP contribution in [0.2, 0.25) is 5.02 Å². The fraction of sp³-hybridized carbons (Fsp3) is 0.500. The minimum Gasteiger partial charge on any atom is -0.329 e. The summed E-state index contributed by atoms with van der Waals surface area (Å²) in [4.78, 5) is 0.101. The van der Waals surface area contributed by atoms with Gasteiger partial charge in [0.25, 0.3) is 0 Å². The lowest BCUT2D eigenvalue weighted by molar-refractivity contribution is 0.527. The second-order valence-corrected chi connectivity index (χ2v) is 6.37. The average molecular weight is 291 g/mol. The first-order valence-corrected chi connectivity index (χ1v) is 7.75. The summed E-state index contributed by atoms with van der Waals surface area (Å²) in [5.41, 5.74) is 6.47. The lowest BCUT2D eigenvalue weighted by Gasteiger charge is -2.16. The molecule has 0 spiro atoms. The van der Waals surface area contributed by atoms with Crippen LogP contribution in [0.1, 0.15) is 25.3 Å². The number of hydrogen-bond acceptors (Lipinski definition) is 3. The minimum absolute atomic E-state index is 0.101. The van der Waals surface area contributed by atoms with Gasteiger partial charge in [-0.05, 0) is 31.0 Å². The molecule has 0 aliphatic heterocycles. The molecule has 0 heterocycles. The molecule has 4 nitrogen and oxygen atoms in total. The van der Waals surface area contributed by atoms with E-state index in [-0.39, 0.29) is 22.5 Å². The van der Waals surface area contributed by atoms with E-state index in [1.807, 2.05) is 13.8 Å². The van der Waals surface area contributed by atoms with E-state index in [0.29, 0.717) is 6.42 Å². The maximum Gasteiger partial charge on any atom is 0.242 e.